The van der Waals surface area contributed by atoms with Gasteiger partial charge in [-0.3, -0.25) is 4.79 Å². The van der Waals surface area contributed by atoms with E-state index in [1.807, 2.05) is 0 Å². The second kappa shape index (κ2) is 4.52. The van der Waals surface area contributed by atoms with E-state index >= 15 is 0 Å². The lowest BCUT2D eigenvalue weighted by atomic mass is 10.3. The molecular formula is C11H13F3N2O. The molecule has 0 radical (unpaired) electrons. The maximum atomic E-state index is 12.4. The van der Waals surface area contributed by atoms with Gasteiger partial charge in [-0.05, 0) is 18.9 Å². The number of rotatable bonds is 4. The van der Waals surface area contributed by atoms with Crippen LogP contribution < -0.4 is 10.9 Å². The van der Waals surface area contributed by atoms with E-state index in [4.69, 9.17) is 0 Å². The minimum atomic E-state index is -4.40. The van der Waals surface area contributed by atoms with Crippen molar-refractivity contribution in [3.05, 3.63) is 34.2 Å². The van der Waals surface area contributed by atoms with Crippen molar-refractivity contribution in [3.8, 4) is 0 Å². The molecule has 0 saturated heterocycles. The number of hydrogen-bond acceptors (Lipinski definition) is 2. The minimum absolute atomic E-state index is 0.263. The Morgan fingerprint density at radius 3 is 2.65 bits per heavy atom. The highest BCUT2D eigenvalue weighted by atomic mass is 19.4. The Kier molecular flexibility index (Phi) is 3.24. The molecule has 0 spiro atoms. The molecule has 1 heterocycles. The summed E-state index contributed by atoms with van der Waals surface area (Å²) in [6.07, 6.45) is -1.31. The molecule has 0 aromatic carbocycles. The van der Waals surface area contributed by atoms with Gasteiger partial charge < -0.3 is 9.88 Å². The van der Waals surface area contributed by atoms with Gasteiger partial charge >= 0.3 is 6.18 Å². The van der Waals surface area contributed by atoms with Crippen molar-refractivity contribution < 1.29 is 13.2 Å². The fourth-order valence-corrected chi connectivity index (χ4v) is 1.55. The molecule has 1 N–H and O–H groups in total. The summed E-state index contributed by atoms with van der Waals surface area (Å²) in [5, 5.41) is 3.15. The minimum Gasteiger partial charge on any atom is -0.314 e. The Labute approximate surface area is 96.3 Å². The maximum absolute atomic E-state index is 12.4. The Hall–Kier alpha value is -1.30. The van der Waals surface area contributed by atoms with Crippen LogP contribution in [0.1, 0.15) is 18.4 Å². The largest absolute Gasteiger partial charge is 0.417 e. The topological polar surface area (TPSA) is 34.0 Å². The summed E-state index contributed by atoms with van der Waals surface area (Å²) in [5.74, 6) is 0. The number of hydrogen-bond donors (Lipinski definition) is 1. The summed E-state index contributed by atoms with van der Waals surface area (Å²) in [7, 11) is 0. The molecule has 0 amide bonds. The quantitative estimate of drug-likeness (QED) is 0.876. The van der Waals surface area contributed by atoms with Gasteiger partial charge in [0.1, 0.15) is 0 Å². The third-order valence-corrected chi connectivity index (χ3v) is 2.67. The van der Waals surface area contributed by atoms with Crippen LogP contribution in [0.4, 0.5) is 13.2 Å². The summed E-state index contributed by atoms with van der Waals surface area (Å²) < 4.78 is 38.4. The monoisotopic (exact) mass is 246 g/mol. The highest BCUT2D eigenvalue weighted by molar-refractivity contribution is 5.13. The van der Waals surface area contributed by atoms with Crippen molar-refractivity contribution in [3.63, 3.8) is 0 Å². The number of alkyl halides is 3. The predicted molar refractivity (Wildman–Crippen MR) is 56.7 cm³/mol. The number of nitrogens with one attached hydrogen (secondary N) is 1. The lowest BCUT2D eigenvalue weighted by molar-refractivity contribution is -0.138. The first-order valence-electron chi connectivity index (χ1n) is 5.48. The third-order valence-electron chi connectivity index (χ3n) is 2.67. The smallest absolute Gasteiger partial charge is 0.314 e. The first-order valence-corrected chi connectivity index (χ1v) is 5.48. The lowest BCUT2D eigenvalue weighted by Gasteiger charge is -2.10. The highest BCUT2D eigenvalue weighted by Crippen LogP contribution is 2.27. The predicted octanol–water partition coefficient (Wildman–Crippen LogP) is 1.62. The zero-order chi connectivity index (χ0) is 12.5. The Morgan fingerprint density at radius 2 is 2.06 bits per heavy atom. The van der Waals surface area contributed by atoms with Gasteiger partial charge in [-0.2, -0.15) is 13.2 Å². The molecule has 17 heavy (non-hydrogen) atoms. The van der Waals surface area contributed by atoms with Crippen LogP contribution in [0, 0.1) is 0 Å². The molecule has 1 fully saturated rings. The van der Waals surface area contributed by atoms with Crippen molar-refractivity contribution in [1.29, 1.82) is 0 Å². The van der Waals surface area contributed by atoms with Gasteiger partial charge in [0.05, 0.1) is 5.56 Å². The maximum Gasteiger partial charge on any atom is 0.417 e. The van der Waals surface area contributed by atoms with Crippen molar-refractivity contribution in [2.45, 2.75) is 31.6 Å². The summed E-state index contributed by atoms with van der Waals surface area (Å²) in [4.78, 5) is 11.4. The van der Waals surface area contributed by atoms with Crippen LogP contribution >= 0.6 is 0 Å². The van der Waals surface area contributed by atoms with E-state index in [0.717, 1.165) is 35.7 Å². The summed E-state index contributed by atoms with van der Waals surface area (Å²) in [6, 6.07) is 2.25. The molecule has 0 unspecified atom stereocenters. The van der Waals surface area contributed by atoms with Crippen LogP contribution in [-0.2, 0) is 12.7 Å². The molecular weight excluding hydrogens is 233 g/mol. The molecule has 0 atom stereocenters. The SMILES string of the molecule is O=c1ccc(C(F)(F)F)cn1CCNC1CC1. The van der Waals surface area contributed by atoms with E-state index in [2.05, 4.69) is 5.32 Å². The standard InChI is InChI=1S/C11H13F3N2O/c12-11(13,14)8-1-4-10(17)16(7-8)6-5-15-9-2-3-9/h1,4,7,9,15H,2-3,5-6H2. The number of pyridine rings is 1. The van der Waals surface area contributed by atoms with E-state index in [0.29, 0.717) is 12.6 Å². The van der Waals surface area contributed by atoms with Gasteiger partial charge in [0.15, 0.2) is 0 Å². The average molecular weight is 246 g/mol. The molecule has 6 heteroatoms. The average Bonchev–Trinajstić information content (AvgIpc) is 3.03. The molecule has 0 aliphatic heterocycles. The number of nitrogens with zero attached hydrogens (tertiary/aromatic N) is 1. The Morgan fingerprint density at radius 1 is 1.35 bits per heavy atom. The fraction of sp³-hybridized carbons (Fsp3) is 0.545. The Bertz CT molecular complexity index is 449. The van der Waals surface area contributed by atoms with Gasteiger partial charge in [0.2, 0.25) is 0 Å². The molecule has 1 aliphatic carbocycles. The molecule has 1 aliphatic rings. The van der Waals surface area contributed by atoms with Crippen molar-refractivity contribution in [2.24, 2.45) is 0 Å². The van der Waals surface area contributed by atoms with E-state index in [-0.39, 0.29) is 6.54 Å². The zero-order valence-electron chi connectivity index (χ0n) is 9.13. The summed E-state index contributed by atoms with van der Waals surface area (Å²) in [5.41, 5.74) is -1.20. The number of halogens is 3. The second-order valence-corrected chi connectivity index (χ2v) is 4.18. The highest BCUT2D eigenvalue weighted by Gasteiger charge is 2.31. The first-order chi connectivity index (χ1) is 7.97. The van der Waals surface area contributed by atoms with Crippen molar-refractivity contribution in [1.82, 2.24) is 9.88 Å². The molecule has 1 saturated carbocycles. The van der Waals surface area contributed by atoms with Gasteiger partial charge in [-0.25, -0.2) is 0 Å². The second-order valence-electron chi connectivity index (χ2n) is 4.18. The van der Waals surface area contributed by atoms with Crippen molar-refractivity contribution >= 4 is 0 Å². The zero-order valence-corrected chi connectivity index (χ0v) is 9.13. The van der Waals surface area contributed by atoms with Crippen LogP contribution in [0.25, 0.3) is 0 Å². The first kappa shape index (κ1) is 12.2. The van der Waals surface area contributed by atoms with Crippen molar-refractivity contribution in [2.75, 3.05) is 6.54 Å². The van der Waals surface area contributed by atoms with E-state index in [1.54, 1.807) is 0 Å². The number of aromatic nitrogens is 1. The molecule has 0 bridgehead atoms. The van der Waals surface area contributed by atoms with Crippen LogP contribution in [-0.4, -0.2) is 17.2 Å². The fourth-order valence-electron chi connectivity index (χ4n) is 1.55. The lowest BCUT2D eigenvalue weighted by Crippen LogP contribution is -2.28. The molecule has 1 aromatic rings. The summed E-state index contributed by atoms with van der Waals surface area (Å²) in [6.45, 7) is 0.783. The van der Waals surface area contributed by atoms with E-state index in [1.165, 1.54) is 0 Å². The van der Waals surface area contributed by atoms with Crippen LogP contribution in [0.15, 0.2) is 23.1 Å². The molecule has 94 valence electrons. The van der Waals surface area contributed by atoms with Gasteiger partial charge in [-0.1, -0.05) is 0 Å². The van der Waals surface area contributed by atoms with Gasteiger partial charge in [-0.15, -0.1) is 0 Å². The van der Waals surface area contributed by atoms with E-state index in [9.17, 15) is 18.0 Å². The molecule has 2 rings (SSSR count). The van der Waals surface area contributed by atoms with Crippen LogP contribution in [0.3, 0.4) is 0 Å². The van der Waals surface area contributed by atoms with E-state index < -0.39 is 17.3 Å². The van der Waals surface area contributed by atoms with Crippen LogP contribution in [0.2, 0.25) is 0 Å². The molecule has 1 aromatic heterocycles. The third kappa shape index (κ3) is 3.33. The van der Waals surface area contributed by atoms with Gasteiger partial charge in [0, 0.05) is 31.4 Å². The molecule has 3 nitrogen and oxygen atoms in total. The summed E-state index contributed by atoms with van der Waals surface area (Å²) >= 11 is 0. The Balaban J connectivity index is 2.05. The normalized spacial score (nSPS) is 16.2. The van der Waals surface area contributed by atoms with Crippen LogP contribution in [0.5, 0.6) is 0 Å². The van der Waals surface area contributed by atoms with Gasteiger partial charge in [0.25, 0.3) is 5.56 Å².